The minimum atomic E-state index is -5.08. The molecule has 4 rings (SSSR count). The van der Waals surface area contributed by atoms with E-state index in [1.165, 1.54) is 23.0 Å². The van der Waals surface area contributed by atoms with Gasteiger partial charge in [0.2, 0.25) is 0 Å². The van der Waals surface area contributed by atoms with Crippen molar-refractivity contribution in [3.8, 4) is 0 Å². The Morgan fingerprint density at radius 3 is 2.39 bits per heavy atom. The van der Waals surface area contributed by atoms with Gasteiger partial charge >= 0.3 is 12.1 Å². The second-order valence-corrected chi connectivity index (χ2v) is 11.0. The summed E-state index contributed by atoms with van der Waals surface area (Å²) in [7, 11) is -3.73. The van der Waals surface area contributed by atoms with E-state index in [9.17, 15) is 21.6 Å². The van der Waals surface area contributed by atoms with E-state index in [-0.39, 0.29) is 10.4 Å². The van der Waals surface area contributed by atoms with Crippen LogP contribution in [-0.2, 0) is 21.4 Å². The van der Waals surface area contributed by atoms with Crippen molar-refractivity contribution in [3.63, 3.8) is 0 Å². The molecular formula is C22H22ClF3N4O4S2. The van der Waals surface area contributed by atoms with Crippen LogP contribution in [-0.4, -0.2) is 54.2 Å². The Labute approximate surface area is 214 Å². The molecule has 0 saturated carbocycles. The fourth-order valence-electron chi connectivity index (χ4n) is 3.52. The average molecular weight is 563 g/mol. The molecule has 1 saturated heterocycles. The van der Waals surface area contributed by atoms with Gasteiger partial charge in [-0.1, -0.05) is 41.9 Å². The number of nitrogens with zero attached hydrogens (tertiary/aromatic N) is 2. The Kier molecular flexibility index (Phi) is 8.49. The van der Waals surface area contributed by atoms with Crippen LogP contribution in [0, 0.1) is 0 Å². The fraction of sp³-hybridized carbons (Fsp3) is 0.273. The molecule has 36 heavy (non-hydrogen) atoms. The Balaban J connectivity index is 0.000000454. The summed E-state index contributed by atoms with van der Waals surface area (Å²) in [6.45, 7) is 4.80. The second kappa shape index (κ2) is 11.0. The lowest BCUT2D eigenvalue weighted by Gasteiger charge is -2.49. The number of thiazole rings is 1. The van der Waals surface area contributed by atoms with E-state index in [0.29, 0.717) is 10.8 Å². The van der Waals surface area contributed by atoms with Crippen molar-refractivity contribution >= 4 is 50.4 Å². The number of rotatable bonds is 7. The van der Waals surface area contributed by atoms with Crippen LogP contribution < -0.4 is 10.0 Å². The number of aromatic nitrogens is 1. The van der Waals surface area contributed by atoms with E-state index in [4.69, 9.17) is 21.5 Å². The zero-order chi connectivity index (χ0) is 26.6. The standard InChI is InChI=1S/C20H21ClN4O2S2.C2HF3O2/c1-20(12-25(13-20)10-15-5-3-2-4-6-15)23-18-8-7-16(9-17(18)21)29(26,27)24-19-11-28-14-22-19;3-2(4,5)1(6)7/h2-9,11,14,23-24H,10,12-13H2,1H3;(H,6,7). The molecule has 2 heterocycles. The lowest BCUT2D eigenvalue weighted by molar-refractivity contribution is -0.192. The first-order chi connectivity index (χ1) is 16.8. The molecule has 0 bridgehead atoms. The summed E-state index contributed by atoms with van der Waals surface area (Å²) in [6.07, 6.45) is -5.08. The number of carboxylic acids is 1. The van der Waals surface area contributed by atoms with Crippen LogP contribution >= 0.6 is 22.9 Å². The molecule has 0 spiro atoms. The summed E-state index contributed by atoms with van der Waals surface area (Å²) >= 11 is 7.71. The van der Waals surface area contributed by atoms with E-state index in [0.717, 1.165) is 25.3 Å². The molecule has 1 aromatic heterocycles. The molecule has 0 amide bonds. The highest BCUT2D eigenvalue weighted by molar-refractivity contribution is 7.92. The summed E-state index contributed by atoms with van der Waals surface area (Å²) in [5.41, 5.74) is 3.46. The lowest BCUT2D eigenvalue weighted by Crippen LogP contribution is -2.63. The van der Waals surface area contributed by atoms with Crippen LogP contribution in [0.15, 0.2) is 64.3 Å². The third kappa shape index (κ3) is 7.56. The third-order valence-electron chi connectivity index (χ3n) is 5.00. The maximum absolute atomic E-state index is 12.5. The first-order valence-electron chi connectivity index (χ1n) is 10.3. The van der Waals surface area contributed by atoms with Crippen LogP contribution in [0.3, 0.4) is 0 Å². The second-order valence-electron chi connectivity index (χ2n) is 8.24. The quantitative estimate of drug-likeness (QED) is 0.375. The van der Waals surface area contributed by atoms with Crippen molar-refractivity contribution in [3.05, 3.63) is 70.0 Å². The summed E-state index contributed by atoms with van der Waals surface area (Å²) in [5.74, 6) is -2.46. The molecule has 0 unspecified atom stereocenters. The maximum atomic E-state index is 12.5. The largest absolute Gasteiger partial charge is 0.490 e. The highest BCUT2D eigenvalue weighted by Crippen LogP contribution is 2.32. The van der Waals surface area contributed by atoms with Gasteiger partial charge in [-0.15, -0.1) is 11.3 Å². The summed E-state index contributed by atoms with van der Waals surface area (Å²) < 4.78 is 59.2. The Bertz CT molecular complexity index is 1280. The smallest absolute Gasteiger partial charge is 0.475 e. The predicted octanol–water partition coefficient (Wildman–Crippen LogP) is 4.92. The molecule has 1 fully saturated rings. The first-order valence-corrected chi connectivity index (χ1v) is 13.1. The van der Waals surface area contributed by atoms with Gasteiger partial charge in [0, 0.05) is 25.0 Å². The molecule has 1 aliphatic heterocycles. The van der Waals surface area contributed by atoms with Crippen molar-refractivity contribution in [2.45, 2.75) is 30.1 Å². The number of anilines is 2. The number of carbonyl (C=O) groups is 1. The van der Waals surface area contributed by atoms with Crippen LogP contribution in [0.1, 0.15) is 12.5 Å². The molecule has 0 atom stereocenters. The number of hydrogen-bond acceptors (Lipinski definition) is 7. The predicted molar refractivity (Wildman–Crippen MR) is 132 cm³/mol. The zero-order valence-electron chi connectivity index (χ0n) is 18.8. The minimum Gasteiger partial charge on any atom is -0.475 e. The number of alkyl halides is 3. The van der Waals surface area contributed by atoms with Crippen LogP contribution in [0.25, 0.3) is 0 Å². The normalized spacial score (nSPS) is 15.2. The van der Waals surface area contributed by atoms with Crippen molar-refractivity contribution in [1.82, 2.24) is 9.88 Å². The molecule has 14 heteroatoms. The van der Waals surface area contributed by atoms with Crippen LogP contribution in [0.5, 0.6) is 0 Å². The van der Waals surface area contributed by atoms with E-state index < -0.39 is 22.2 Å². The van der Waals surface area contributed by atoms with Crippen molar-refractivity contribution in [2.24, 2.45) is 0 Å². The monoisotopic (exact) mass is 562 g/mol. The summed E-state index contributed by atoms with van der Waals surface area (Å²) in [6, 6.07) is 15.1. The summed E-state index contributed by atoms with van der Waals surface area (Å²) in [4.78, 5) is 15.3. The van der Waals surface area contributed by atoms with E-state index in [2.05, 4.69) is 39.0 Å². The van der Waals surface area contributed by atoms with E-state index in [1.54, 1.807) is 23.0 Å². The molecule has 0 radical (unpaired) electrons. The number of aliphatic carboxylic acids is 1. The molecule has 2 aromatic carbocycles. The summed E-state index contributed by atoms with van der Waals surface area (Å²) in [5, 5.41) is 12.6. The number of carboxylic acid groups (broad SMARTS) is 1. The van der Waals surface area contributed by atoms with Gasteiger partial charge in [-0.3, -0.25) is 9.62 Å². The zero-order valence-corrected chi connectivity index (χ0v) is 21.2. The fourth-order valence-corrected chi connectivity index (χ4v) is 5.40. The van der Waals surface area contributed by atoms with Crippen LogP contribution in [0.4, 0.5) is 24.7 Å². The molecule has 3 aromatic rings. The maximum Gasteiger partial charge on any atom is 0.490 e. The molecule has 8 nitrogen and oxygen atoms in total. The number of hydrogen-bond donors (Lipinski definition) is 3. The van der Waals surface area contributed by atoms with E-state index >= 15 is 0 Å². The Morgan fingerprint density at radius 2 is 1.86 bits per heavy atom. The number of likely N-dealkylation sites (tertiary alicyclic amines) is 1. The molecular weight excluding hydrogens is 541 g/mol. The van der Waals surface area contributed by atoms with Crippen molar-refractivity contribution < 1.29 is 31.5 Å². The third-order valence-corrected chi connectivity index (χ3v) is 7.25. The molecule has 194 valence electrons. The topological polar surface area (TPSA) is 112 Å². The number of nitrogens with one attached hydrogen (secondary N) is 2. The first kappa shape index (κ1) is 27.7. The van der Waals surface area contributed by atoms with Gasteiger partial charge in [-0.25, -0.2) is 18.2 Å². The minimum absolute atomic E-state index is 0.102. The van der Waals surface area contributed by atoms with Gasteiger partial charge < -0.3 is 10.4 Å². The Morgan fingerprint density at radius 1 is 1.22 bits per heavy atom. The van der Waals surface area contributed by atoms with Gasteiger partial charge in [0.05, 0.1) is 26.7 Å². The highest BCUT2D eigenvalue weighted by Gasteiger charge is 2.39. The van der Waals surface area contributed by atoms with Crippen LogP contribution in [0.2, 0.25) is 5.02 Å². The number of sulfonamides is 1. The van der Waals surface area contributed by atoms with E-state index in [1.807, 2.05) is 18.2 Å². The highest BCUT2D eigenvalue weighted by atomic mass is 35.5. The molecule has 0 aliphatic carbocycles. The average Bonchev–Trinajstić information content (AvgIpc) is 3.27. The van der Waals surface area contributed by atoms with Gasteiger partial charge in [0.25, 0.3) is 10.0 Å². The lowest BCUT2D eigenvalue weighted by atomic mass is 9.91. The molecule has 1 aliphatic rings. The van der Waals surface area contributed by atoms with Gasteiger partial charge in [-0.05, 0) is 30.7 Å². The van der Waals surface area contributed by atoms with Gasteiger partial charge in [0.15, 0.2) is 5.82 Å². The SMILES string of the molecule is CC1(Nc2ccc(S(=O)(=O)Nc3cscn3)cc2Cl)CN(Cc2ccccc2)C1.O=C(O)C(F)(F)F. The van der Waals surface area contributed by atoms with Gasteiger partial charge in [0.1, 0.15) is 0 Å². The number of halogens is 4. The van der Waals surface area contributed by atoms with Gasteiger partial charge in [-0.2, -0.15) is 13.2 Å². The number of benzene rings is 2. The Hall–Kier alpha value is -2.87. The molecule has 3 N–H and O–H groups in total. The van der Waals surface area contributed by atoms with Crippen molar-refractivity contribution in [1.29, 1.82) is 0 Å². The van der Waals surface area contributed by atoms with Crippen molar-refractivity contribution in [2.75, 3.05) is 23.1 Å².